The molecule has 0 saturated heterocycles. The van der Waals surface area contributed by atoms with Crippen LogP contribution >= 0.6 is 0 Å². The third-order valence-electron chi connectivity index (χ3n) is 5.41. The molecule has 5 amide bonds. The third kappa shape index (κ3) is 10.8. The molecule has 0 aliphatic heterocycles. The summed E-state index contributed by atoms with van der Waals surface area (Å²) >= 11 is 0. The zero-order chi connectivity index (χ0) is 27.1. The minimum atomic E-state index is -1.34. The van der Waals surface area contributed by atoms with Crippen LogP contribution in [-0.4, -0.2) is 79.0 Å². The summed E-state index contributed by atoms with van der Waals surface area (Å²) < 4.78 is 0. The highest BCUT2D eigenvalue weighted by molar-refractivity contribution is 5.95. The van der Waals surface area contributed by atoms with Gasteiger partial charge in [-0.15, -0.1) is 0 Å². The highest BCUT2D eigenvalue weighted by Gasteiger charge is 2.30. The van der Waals surface area contributed by atoms with Crippen molar-refractivity contribution in [2.75, 3.05) is 20.2 Å². The van der Waals surface area contributed by atoms with Crippen LogP contribution in [-0.2, 0) is 30.4 Å². The van der Waals surface area contributed by atoms with E-state index >= 15 is 0 Å². The zero-order valence-corrected chi connectivity index (χ0v) is 20.4. The largest absolute Gasteiger partial charge is 0.394 e. The summed E-state index contributed by atoms with van der Waals surface area (Å²) in [5.41, 5.74) is 16.7. The maximum Gasteiger partial charge on any atom is 0.243 e. The average Bonchev–Trinajstić information content (AvgIpc) is 2.83. The predicted molar refractivity (Wildman–Crippen MR) is 132 cm³/mol. The lowest BCUT2D eigenvalue weighted by Crippen LogP contribution is -2.58. The van der Waals surface area contributed by atoms with E-state index in [4.69, 9.17) is 17.2 Å². The zero-order valence-electron chi connectivity index (χ0n) is 20.4. The number of carbonyl (C=O) groups excluding carboxylic acids is 5. The van der Waals surface area contributed by atoms with Crippen LogP contribution in [0.4, 0.5) is 0 Å². The van der Waals surface area contributed by atoms with Crippen LogP contribution < -0.4 is 38.5 Å². The summed E-state index contributed by atoms with van der Waals surface area (Å²) in [5.74, 6) is -3.78. The number of hydrogen-bond acceptors (Lipinski definition) is 8. The summed E-state index contributed by atoms with van der Waals surface area (Å²) in [7, 11) is 1.49. The number of aliphatic hydroxyl groups is 1. The molecule has 1 rings (SSSR count). The number of aliphatic hydroxyl groups excluding tert-OH is 1. The Hall–Kier alpha value is -3.55. The second-order valence-corrected chi connectivity index (χ2v) is 8.25. The van der Waals surface area contributed by atoms with E-state index in [0.29, 0.717) is 19.4 Å². The standard InChI is InChI=1S/C23H37N7O6/c1-27-18(13-31)23(36)30-17(11-14-7-3-2-4-8-14)22(35)28-15(9-5-6-10-24)21(34)29-16(20(26)33)12-19(25)32/h2-4,7-8,15-18,27,31H,5-6,9-13,24H2,1H3,(H2,25,32)(H2,26,33)(H,28,35)(H,29,34)(H,30,36)/t15-,16-,17-,18-/m0/s1. The monoisotopic (exact) mass is 507 g/mol. The van der Waals surface area contributed by atoms with Gasteiger partial charge in [-0.05, 0) is 38.4 Å². The smallest absolute Gasteiger partial charge is 0.243 e. The van der Waals surface area contributed by atoms with Gasteiger partial charge in [0, 0.05) is 6.42 Å². The van der Waals surface area contributed by atoms with E-state index in [1.165, 1.54) is 7.05 Å². The fourth-order valence-electron chi connectivity index (χ4n) is 3.37. The molecule has 0 unspecified atom stereocenters. The fourth-order valence-corrected chi connectivity index (χ4v) is 3.37. The molecular formula is C23H37N7O6. The molecule has 4 atom stereocenters. The SMILES string of the molecule is CN[C@@H](CO)C(=O)N[C@@H](Cc1ccccc1)C(=O)N[C@@H](CCCCN)C(=O)N[C@@H](CC(N)=O)C(N)=O. The third-order valence-corrected chi connectivity index (χ3v) is 5.41. The summed E-state index contributed by atoms with van der Waals surface area (Å²) in [5, 5.41) is 19.6. The average molecular weight is 508 g/mol. The van der Waals surface area contributed by atoms with Gasteiger partial charge < -0.3 is 43.6 Å². The van der Waals surface area contributed by atoms with Gasteiger partial charge in [0.1, 0.15) is 24.2 Å². The van der Waals surface area contributed by atoms with Crippen molar-refractivity contribution in [3.05, 3.63) is 35.9 Å². The highest BCUT2D eigenvalue weighted by atomic mass is 16.3. The van der Waals surface area contributed by atoms with Gasteiger partial charge in [-0.1, -0.05) is 30.3 Å². The number of likely N-dealkylation sites (N-methyl/N-ethyl adjacent to an activating group) is 1. The molecule has 13 heteroatoms. The van der Waals surface area contributed by atoms with Gasteiger partial charge in [0.05, 0.1) is 13.0 Å². The fraction of sp³-hybridized carbons (Fsp3) is 0.522. The van der Waals surface area contributed by atoms with Crippen molar-refractivity contribution < 1.29 is 29.1 Å². The number of primary amides is 2. The predicted octanol–water partition coefficient (Wildman–Crippen LogP) is -3.25. The van der Waals surface area contributed by atoms with Crippen LogP contribution in [0, 0.1) is 0 Å². The van der Waals surface area contributed by atoms with Crippen LogP contribution in [0.3, 0.4) is 0 Å². The number of nitrogens with one attached hydrogen (secondary N) is 4. The van der Waals surface area contributed by atoms with E-state index in [1.807, 2.05) is 0 Å². The van der Waals surface area contributed by atoms with Crippen molar-refractivity contribution in [1.29, 1.82) is 0 Å². The lowest BCUT2D eigenvalue weighted by Gasteiger charge is -2.25. The summed E-state index contributed by atoms with van der Waals surface area (Å²) in [6.07, 6.45) is 0.851. The first-order valence-electron chi connectivity index (χ1n) is 11.6. The number of nitrogens with two attached hydrogens (primary N) is 3. The Kier molecular flexibility index (Phi) is 13.7. The van der Waals surface area contributed by atoms with Gasteiger partial charge in [-0.3, -0.25) is 24.0 Å². The maximum atomic E-state index is 13.2. The van der Waals surface area contributed by atoms with Gasteiger partial charge >= 0.3 is 0 Å². The van der Waals surface area contributed by atoms with Crippen molar-refractivity contribution in [2.24, 2.45) is 17.2 Å². The molecule has 0 bridgehead atoms. The minimum absolute atomic E-state index is 0.114. The Morgan fingerprint density at radius 2 is 1.39 bits per heavy atom. The molecule has 0 saturated carbocycles. The number of unbranched alkanes of at least 4 members (excludes halogenated alkanes) is 1. The van der Waals surface area contributed by atoms with Crippen molar-refractivity contribution in [2.45, 2.75) is 56.3 Å². The quantitative estimate of drug-likeness (QED) is 0.0995. The van der Waals surface area contributed by atoms with E-state index in [-0.39, 0.29) is 12.8 Å². The molecule has 0 fully saturated rings. The molecule has 0 radical (unpaired) electrons. The van der Waals surface area contributed by atoms with Crippen molar-refractivity contribution in [3.63, 3.8) is 0 Å². The topological polar surface area (TPSA) is 232 Å². The molecule has 0 aliphatic rings. The van der Waals surface area contributed by atoms with Crippen LogP contribution in [0.25, 0.3) is 0 Å². The lowest BCUT2D eigenvalue weighted by molar-refractivity contribution is -0.134. The Labute approximate surface area is 209 Å². The Bertz CT molecular complexity index is 879. The second kappa shape index (κ2) is 16.2. The number of carbonyl (C=O) groups is 5. The van der Waals surface area contributed by atoms with Gasteiger partial charge in [0.25, 0.3) is 0 Å². The molecule has 200 valence electrons. The molecule has 0 spiro atoms. The molecule has 0 aromatic heterocycles. The summed E-state index contributed by atoms with van der Waals surface area (Å²) in [6.45, 7) is -0.117. The maximum absolute atomic E-state index is 13.2. The van der Waals surface area contributed by atoms with E-state index in [9.17, 15) is 29.1 Å². The van der Waals surface area contributed by atoms with E-state index in [0.717, 1.165) is 5.56 Å². The molecule has 1 aromatic carbocycles. The molecule has 0 aliphatic carbocycles. The number of amides is 5. The van der Waals surface area contributed by atoms with Crippen molar-refractivity contribution in [3.8, 4) is 0 Å². The Balaban J connectivity index is 3.11. The van der Waals surface area contributed by atoms with Crippen LogP contribution in [0.1, 0.15) is 31.2 Å². The lowest BCUT2D eigenvalue weighted by atomic mass is 10.0. The summed E-state index contributed by atoms with van der Waals surface area (Å²) in [6, 6.07) is 4.45. The normalized spacial score (nSPS) is 14.1. The second-order valence-electron chi connectivity index (χ2n) is 8.25. The van der Waals surface area contributed by atoms with E-state index < -0.39 is 66.7 Å². The molecular weight excluding hydrogens is 470 g/mol. The number of hydrogen-bond donors (Lipinski definition) is 8. The summed E-state index contributed by atoms with van der Waals surface area (Å²) in [4.78, 5) is 61.6. The Morgan fingerprint density at radius 1 is 0.833 bits per heavy atom. The van der Waals surface area contributed by atoms with Gasteiger partial charge in [-0.25, -0.2) is 0 Å². The number of benzene rings is 1. The van der Waals surface area contributed by atoms with Crippen molar-refractivity contribution in [1.82, 2.24) is 21.3 Å². The molecule has 36 heavy (non-hydrogen) atoms. The van der Waals surface area contributed by atoms with Gasteiger partial charge in [0.2, 0.25) is 29.5 Å². The van der Waals surface area contributed by atoms with Crippen LogP contribution in [0.15, 0.2) is 30.3 Å². The molecule has 13 nitrogen and oxygen atoms in total. The number of rotatable bonds is 17. The van der Waals surface area contributed by atoms with Gasteiger partial charge in [0.15, 0.2) is 0 Å². The highest BCUT2D eigenvalue weighted by Crippen LogP contribution is 2.07. The van der Waals surface area contributed by atoms with Gasteiger partial charge in [-0.2, -0.15) is 0 Å². The molecule has 0 heterocycles. The van der Waals surface area contributed by atoms with E-state index in [2.05, 4.69) is 21.3 Å². The minimum Gasteiger partial charge on any atom is -0.394 e. The first-order chi connectivity index (χ1) is 17.1. The molecule has 1 aromatic rings. The molecule has 11 N–H and O–H groups in total. The first kappa shape index (κ1) is 30.5. The Morgan fingerprint density at radius 3 is 1.92 bits per heavy atom. The van der Waals surface area contributed by atoms with E-state index in [1.54, 1.807) is 30.3 Å². The first-order valence-corrected chi connectivity index (χ1v) is 11.6. The van der Waals surface area contributed by atoms with Crippen molar-refractivity contribution >= 4 is 29.5 Å². The van der Waals surface area contributed by atoms with Crippen LogP contribution in [0.5, 0.6) is 0 Å². The van der Waals surface area contributed by atoms with Crippen LogP contribution in [0.2, 0.25) is 0 Å².